The molecule has 2 aromatic heterocycles. The highest BCUT2D eigenvalue weighted by Crippen LogP contribution is 2.24. The summed E-state index contributed by atoms with van der Waals surface area (Å²) in [6, 6.07) is 7.29. The van der Waals surface area contributed by atoms with Gasteiger partial charge < -0.3 is 19.7 Å². The summed E-state index contributed by atoms with van der Waals surface area (Å²) in [5.74, 6) is 1.81. The Labute approximate surface area is 185 Å². The number of carbonyl (C=O) groups excluding carboxylic acids is 1. The maximum Gasteiger partial charge on any atom is 0.272 e. The highest BCUT2D eigenvalue weighted by atomic mass is 32.1. The van der Waals surface area contributed by atoms with Gasteiger partial charge in [-0.3, -0.25) is 14.2 Å². The normalized spacial score (nSPS) is 10.8. The van der Waals surface area contributed by atoms with Crippen molar-refractivity contribution in [3.8, 4) is 11.5 Å². The molecule has 0 saturated carbocycles. The van der Waals surface area contributed by atoms with E-state index in [-0.39, 0.29) is 24.4 Å². The Morgan fingerprint density at radius 2 is 1.97 bits per heavy atom. The van der Waals surface area contributed by atoms with E-state index in [0.29, 0.717) is 34.2 Å². The Kier molecular flexibility index (Phi) is 7.51. The van der Waals surface area contributed by atoms with Crippen LogP contribution in [0.2, 0.25) is 0 Å². The van der Waals surface area contributed by atoms with E-state index in [1.54, 1.807) is 30.9 Å². The summed E-state index contributed by atoms with van der Waals surface area (Å²) in [5.41, 5.74) is 1.41. The summed E-state index contributed by atoms with van der Waals surface area (Å²) in [4.78, 5) is 32.3. The van der Waals surface area contributed by atoms with Crippen LogP contribution < -0.4 is 25.2 Å². The van der Waals surface area contributed by atoms with Crippen LogP contribution in [0.15, 0.2) is 34.4 Å². The zero-order chi connectivity index (χ0) is 22.4. The number of aromatic nitrogens is 2. The van der Waals surface area contributed by atoms with Gasteiger partial charge in [0.1, 0.15) is 16.2 Å². The van der Waals surface area contributed by atoms with Crippen molar-refractivity contribution in [2.75, 3.05) is 32.2 Å². The minimum atomic E-state index is -0.159. The van der Waals surface area contributed by atoms with E-state index < -0.39 is 0 Å². The summed E-state index contributed by atoms with van der Waals surface area (Å²) in [5, 5.41) is 4.77. The molecule has 1 amide bonds. The topological polar surface area (TPSA) is 85.7 Å². The molecule has 0 aliphatic heterocycles. The van der Waals surface area contributed by atoms with E-state index >= 15 is 0 Å². The number of hydrogen-bond donors (Lipinski definition) is 1. The maximum atomic E-state index is 13.0. The van der Waals surface area contributed by atoms with Gasteiger partial charge in [0.25, 0.3) is 5.56 Å². The number of thiophene rings is 1. The number of nitrogens with zero attached hydrogens (tertiary/aromatic N) is 3. The number of benzene rings is 1. The van der Waals surface area contributed by atoms with Crippen molar-refractivity contribution >= 4 is 33.4 Å². The second-order valence-corrected chi connectivity index (χ2v) is 7.80. The molecule has 1 N–H and O–H groups in total. The largest absolute Gasteiger partial charge is 0.497 e. The Bertz CT molecular complexity index is 1100. The van der Waals surface area contributed by atoms with E-state index in [0.717, 1.165) is 18.7 Å². The first-order valence-electron chi connectivity index (χ1n) is 10.2. The predicted octanol–water partition coefficient (Wildman–Crippen LogP) is 3.03. The molecular formula is C22H28N4O4S. The lowest BCUT2D eigenvalue weighted by molar-refractivity contribution is -0.121. The van der Waals surface area contributed by atoms with Gasteiger partial charge in [0.2, 0.25) is 11.9 Å². The van der Waals surface area contributed by atoms with Gasteiger partial charge in [0.05, 0.1) is 19.7 Å². The van der Waals surface area contributed by atoms with Gasteiger partial charge in [-0.2, -0.15) is 0 Å². The maximum absolute atomic E-state index is 13.0. The summed E-state index contributed by atoms with van der Waals surface area (Å²) >= 11 is 1.37. The first kappa shape index (κ1) is 22.6. The summed E-state index contributed by atoms with van der Waals surface area (Å²) in [7, 11) is 3.18. The fourth-order valence-corrected chi connectivity index (χ4v) is 4.18. The number of anilines is 1. The van der Waals surface area contributed by atoms with Crippen LogP contribution >= 0.6 is 11.3 Å². The number of hydrogen-bond acceptors (Lipinski definition) is 7. The Morgan fingerprint density at radius 3 is 2.65 bits per heavy atom. The predicted molar refractivity (Wildman–Crippen MR) is 123 cm³/mol. The van der Waals surface area contributed by atoms with E-state index in [1.807, 2.05) is 36.3 Å². The van der Waals surface area contributed by atoms with Gasteiger partial charge in [0, 0.05) is 38.2 Å². The third-order valence-corrected chi connectivity index (χ3v) is 6.01. The fraction of sp³-hybridized carbons (Fsp3) is 0.409. The Balaban J connectivity index is 1.75. The molecule has 0 spiro atoms. The molecule has 0 atom stereocenters. The molecule has 2 heterocycles. The average molecular weight is 445 g/mol. The molecule has 0 bridgehead atoms. The average Bonchev–Trinajstić information content (AvgIpc) is 3.27. The lowest BCUT2D eigenvalue weighted by Gasteiger charge is -2.23. The molecule has 0 aliphatic rings. The molecule has 0 radical (unpaired) electrons. The van der Waals surface area contributed by atoms with Crippen LogP contribution in [0.25, 0.3) is 10.2 Å². The second kappa shape index (κ2) is 10.3. The van der Waals surface area contributed by atoms with Crippen LogP contribution in [-0.4, -0.2) is 42.8 Å². The van der Waals surface area contributed by atoms with E-state index in [9.17, 15) is 9.59 Å². The lowest BCUT2D eigenvalue weighted by Crippen LogP contribution is -2.34. The molecule has 3 aromatic rings. The Morgan fingerprint density at radius 1 is 1.19 bits per heavy atom. The van der Waals surface area contributed by atoms with Gasteiger partial charge in [-0.25, -0.2) is 4.98 Å². The molecule has 0 aliphatic carbocycles. The zero-order valence-electron chi connectivity index (χ0n) is 18.3. The van der Waals surface area contributed by atoms with Crippen LogP contribution in [0, 0.1) is 0 Å². The van der Waals surface area contributed by atoms with Crippen molar-refractivity contribution in [1.82, 2.24) is 14.9 Å². The molecule has 0 saturated heterocycles. The fourth-order valence-electron chi connectivity index (χ4n) is 3.40. The third kappa shape index (κ3) is 4.99. The first-order chi connectivity index (χ1) is 15.0. The number of methoxy groups -OCH3 is 2. The van der Waals surface area contributed by atoms with Gasteiger partial charge in [0.15, 0.2) is 0 Å². The molecule has 8 nitrogen and oxygen atoms in total. The summed E-state index contributed by atoms with van der Waals surface area (Å²) < 4.78 is 12.8. The van der Waals surface area contributed by atoms with Crippen LogP contribution in [-0.2, 0) is 17.9 Å². The molecule has 166 valence electrons. The third-order valence-electron chi connectivity index (χ3n) is 5.12. The van der Waals surface area contributed by atoms with Crippen LogP contribution in [0.3, 0.4) is 0 Å². The quantitative estimate of drug-likeness (QED) is 0.517. The van der Waals surface area contributed by atoms with Crippen LogP contribution in [0.5, 0.6) is 11.5 Å². The van der Waals surface area contributed by atoms with Crippen LogP contribution in [0.1, 0.15) is 25.8 Å². The van der Waals surface area contributed by atoms with Crippen LogP contribution in [0.4, 0.5) is 5.95 Å². The summed E-state index contributed by atoms with van der Waals surface area (Å²) in [6.45, 7) is 6.05. The number of fused-ring (bicyclic) bond motifs is 1. The number of nitrogens with one attached hydrogen (secondary N) is 1. The minimum Gasteiger partial charge on any atom is -0.497 e. The molecule has 31 heavy (non-hydrogen) atoms. The van der Waals surface area contributed by atoms with Crippen molar-refractivity contribution in [2.24, 2.45) is 0 Å². The minimum absolute atomic E-state index is 0.107. The zero-order valence-corrected chi connectivity index (χ0v) is 19.1. The second-order valence-electron chi connectivity index (χ2n) is 6.88. The number of amides is 1. The Hall–Kier alpha value is -3.07. The van der Waals surface area contributed by atoms with Gasteiger partial charge in [-0.15, -0.1) is 11.3 Å². The van der Waals surface area contributed by atoms with Gasteiger partial charge in [-0.05, 0) is 43.5 Å². The highest BCUT2D eigenvalue weighted by Gasteiger charge is 2.17. The molecule has 9 heteroatoms. The number of rotatable bonds is 10. The van der Waals surface area contributed by atoms with Gasteiger partial charge in [-0.1, -0.05) is 0 Å². The van der Waals surface area contributed by atoms with E-state index in [4.69, 9.17) is 9.47 Å². The van der Waals surface area contributed by atoms with Crippen molar-refractivity contribution < 1.29 is 14.3 Å². The molecule has 0 fully saturated rings. The smallest absolute Gasteiger partial charge is 0.272 e. The van der Waals surface area contributed by atoms with Crippen molar-refractivity contribution in [1.29, 1.82) is 0 Å². The molecule has 0 unspecified atom stereocenters. The number of carbonyl (C=O) groups is 1. The summed E-state index contributed by atoms with van der Waals surface area (Å²) in [6.07, 6.45) is 0.166. The van der Waals surface area contributed by atoms with E-state index in [2.05, 4.69) is 10.3 Å². The van der Waals surface area contributed by atoms with Crippen molar-refractivity contribution in [3.63, 3.8) is 0 Å². The molecular weight excluding hydrogens is 416 g/mol. The highest BCUT2D eigenvalue weighted by molar-refractivity contribution is 7.17. The molecule has 1 aromatic carbocycles. The number of ether oxygens (including phenoxy) is 2. The molecule has 3 rings (SSSR count). The SMILES string of the molecule is CCN(CC)c1nc2ccsc2c(=O)n1CCC(=O)NCc1cc(OC)ccc1OC. The standard InChI is InChI=1S/C22H28N4O4S/c1-5-25(6-2)22-24-17-10-12-31-20(17)21(28)26(22)11-9-19(27)23-14-15-13-16(29-3)7-8-18(15)30-4/h7-8,10,12-13H,5-6,9,11,14H2,1-4H3,(H,23,27). The van der Waals surface area contributed by atoms with Crippen molar-refractivity contribution in [2.45, 2.75) is 33.4 Å². The van der Waals surface area contributed by atoms with Gasteiger partial charge >= 0.3 is 0 Å². The van der Waals surface area contributed by atoms with E-state index in [1.165, 1.54) is 11.3 Å². The first-order valence-corrected chi connectivity index (χ1v) is 11.1. The lowest BCUT2D eigenvalue weighted by atomic mass is 10.2. The monoisotopic (exact) mass is 444 g/mol. The van der Waals surface area contributed by atoms with Crippen molar-refractivity contribution in [3.05, 3.63) is 45.6 Å².